The number of nitrogens with zero attached hydrogens (tertiary/aromatic N) is 1. The van der Waals surface area contributed by atoms with Crippen LogP contribution in [-0.4, -0.2) is 52.0 Å². The lowest BCUT2D eigenvalue weighted by molar-refractivity contribution is -0.140. The Hall–Kier alpha value is -1.79. The number of carbonyl (C=O) groups is 1. The van der Waals surface area contributed by atoms with E-state index >= 15 is 0 Å². The third-order valence-electron chi connectivity index (χ3n) is 3.20. The maximum Gasteiger partial charge on any atom is 0.305 e. The highest BCUT2D eigenvalue weighted by atomic mass is 16.5. The number of carboxylic acids is 1. The number of aromatic hydroxyl groups is 2. The van der Waals surface area contributed by atoms with Crippen LogP contribution >= 0.6 is 0 Å². The van der Waals surface area contributed by atoms with Gasteiger partial charge >= 0.3 is 5.97 Å². The van der Waals surface area contributed by atoms with E-state index in [0.29, 0.717) is 31.9 Å². The molecular formula is C13H17NO5. The zero-order valence-electron chi connectivity index (χ0n) is 10.5. The molecular weight excluding hydrogens is 250 g/mol. The highest BCUT2D eigenvalue weighted by Crippen LogP contribution is 2.25. The molecule has 1 fully saturated rings. The van der Waals surface area contributed by atoms with E-state index in [2.05, 4.69) is 0 Å². The molecule has 6 nitrogen and oxygen atoms in total. The van der Waals surface area contributed by atoms with Crippen molar-refractivity contribution in [1.29, 1.82) is 0 Å². The molecule has 3 N–H and O–H groups in total. The average Bonchev–Trinajstić information content (AvgIpc) is 2.34. The molecule has 1 heterocycles. The second kappa shape index (κ2) is 5.90. The first-order valence-electron chi connectivity index (χ1n) is 6.10. The number of aliphatic carboxylic acids is 1. The van der Waals surface area contributed by atoms with E-state index in [1.165, 1.54) is 12.1 Å². The zero-order chi connectivity index (χ0) is 13.8. The van der Waals surface area contributed by atoms with E-state index in [1.807, 2.05) is 4.90 Å². The van der Waals surface area contributed by atoms with Gasteiger partial charge in [-0.25, -0.2) is 0 Å². The Morgan fingerprint density at radius 2 is 2.21 bits per heavy atom. The summed E-state index contributed by atoms with van der Waals surface area (Å²) in [5, 5.41) is 27.9. The third kappa shape index (κ3) is 3.59. The molecule has 2 rings (SSSR count). The van der Waals surface area contributed by atoms with Gasteiger partial charge in [-0.05, 0) is 6.07 Å². The van der Waals surface area contributed by atoms with Gasteiger partial charge < -0.3 is 20.1 Å². The summed E-state index contributed by atoms with van der Waals surface area (Å²) in [6, 6.07) is 4.22. The second-order valence-electron chi connectivity index (χ2n) is 4.61. The van der Waals surface area contributed by atoms with Crippen LogP contribution in [0.5, 0.6) is 11.5 Å². The van der Waals surface area contributed by atoms with Crippen LogP contribution in [0.1, 0.15) is 12.0 Å². The number of hydrogen-bond acceptors (Lipinski definition) is 5. The average molecular weight is 267 g/mol. The summed E-state index contributed by atoms with van der Waals surface area (Å²) in [5.41, 5.74) is 0.662. The topological polar surface area (TPSA) is 90.2 Å². The SMILES string of the molecule is O=C(O)CC1COCCN1Cc1ccc(O)cc1O. The zero-order valence-corrected chi connectivity index (χ0v) is 10.5. The van der Waals surface area contributed by atoms with E-state index in [9.17, 15) is 15.0 Å². The molecule has 1 atom stereocenters. The minimum absolute atomic E-state index is 0.00492. The summed E-state index contributed by atoms with van der Waals surface area (Å²) in [6.45, 7) is 1.99. The fourth-order valence-corrected chi connectivity index (χ4v) is 2.19. The largest absolute Gasteiger partial charge is 0.508 e. The molecule has 1 aliphatic rings. The van der Waals surface area contributed by atoms with Gasteiger partial charge in [-0.2, -0.15) is 0 Å². The van der Waals surface area contributed by atoms with E-state index in [-0.39, 0.29) is 24.0 Å². The monoisotopic (exact) mass is 267 g/mol. The van der Waals surface area contributed by atoms with Crippen LogP contribution < -0.4 is 0 Å². The second-order valence-corrected chi connectivity index (χ2v) is 4.61. The number of rotatable bonds is 4. The Labute approximate surface area is 110 Å². The van der Waals surface area contributed by atoms with Gasteiger partial charge in [0, 0.05) is 30.8 Å². The van der Waals surface area contributed by atoms with Gasteiger partial charge in [0.15, 0.2) is 0 Å². The molecule has 1 aliphatic heterocycles. The predicted octanol–water partition coefficient (Wildman–Crippen LogP) is 0.773. The van der Waals surface area contributed by atoms with Crippen LogP contribution in [0.25, 0.3) is 0 Å². The van der Waals surface area contributed by atoms with Crippen molar-refractivity contribution in [2.24, 2.45) is 0 Å². The van der Waals surface area contributed by atoms with E-state index < -0.39 is 5.97 Å². The number of benzene rings is 1. The molecule has 0 radical (unpaired) electrons. The molecule has 0 saturated carbocycles. The molecule has 6 heteroatoms. The van der Waals surface area contributed by atoms with Crippen LogP contribution in [0, 0.1) is 0 Å². The van der Waals surface area contributed by atoms with Crippen LogP contribution in [0.15, 0.2) is 18.2 Å². The highest BCUT2D eigenvalue weighted by Gasteiger charge is 2.25. The van der Waals surface area contributed by atoms with E-state index in [1.54, 1.807) is 6.07 Å². The lowest BCUT2D eigenvalue weighted by atomic mass is 10.1. The lowest BCUT2D eigenvalue weighted by Gasteiger charge is -2.34. The van der Waals surface area contributed by atoms with Crippen molar-refractivity contribution in [1.82, 2.24) is 4.90 Å². The quantitative estimate of drug-likeness (QED) is 0.746. The molecule has 1 aromatic carbocycles. The molecule has 0 amide bonds. The highest BCUT2D eigenvalue weighted by molar-refractivity contribution is 5.67. The Kier molecular flexibility index (Phi) is 4.24. The maximum absolute atomic E-state index is 10.8. The molecule has 1 aromatic rings. The molecule has 0 aliphatic carbocycles. The Morgan fingerprint density at radius 1 is 1.42 bits per heavy atom. The number of hydrogen-bond donors (Lipinski definition) is 3. The molecule has 0 aromatic heterocycles. The molecule has 1 unspecified atom stereocenters. The fraction of sp³-hybridized carbons (Fsp3) is 0.462. The fourth-order valence-electron chi connectivity index (χ4n) is 2.19. The van der Waals surface area contributed by atoms with Gasteiger partial charge in [0.05, 0.1) is 19.6 Å². The summed E-state index contributed by atoms with van der Waals surface area (Å²) in [7, 11) is 0. The first-order chi connectivity index (χ1) is 9.06. The van der Waals surface area contributed by atoms with E-state index in [4.69, 9.17) is 9.84 Å². The van der Waals surface area contributed by atoms with Gasteiger partial charge in [-0.15, -0.1) is 0 Å². The first kappa shape index (κ1) is 13.6. The van der Waals surface area contributed by atoms with Gasteiger partial charge in [0.1, 0.15) is 11.5 Å². The summed E-state index contributed by atoms with van der Waals surface area (Å²) in [4.78, 5) is 12.8. The minimum atomic E-state index is -0.865. The van der Waals surface area contributed by atoms with Gasteiger partial charge in [-0.3, -0.25) is 9.69 Å². The van der Waals surface area contributed by atoms with Crippen molar-refractivity contribution in [3.8, 4) is 11.5 Å². The van der Waals surface area contributed by atoms with Crippen LogP contribution in [0.4, 0.5) is 0 Å². The normalized spacial score (nSPS) is 20.3. The maximum atomic E-state index is 10.8. The molecule has 1 saturated heterocycles. The Balaban J connectivity index is 2.08. The third-order valence-corrected chi connectivity index (χ3v) is 3.20. The molecule has 0 bridgehead atoms. The molecule has 19 heavy (non-hydrogen) atoms. The van der Waals surface area contributed by atoms with Crippen molar-refractivity contribution in [2.45, 2.75) is 19.0 Å². The van der Waals surface area contributed by atoms with E-state index in [0.717, 1.165) is 0 Å². The number of ether oxygens (including phenoxy) is 1. The van der Waals surface area contributed by atoms with Crippen molar-refractivity contribution >= 4 is 5.97 Å². The molecule has 0 spiro atoms. The van der Waals surface area contributed by atoms with Crippen LogP contribution in [0.3, 0.4) is 0 Å². The van der Waals surface area contributed by atoms with Crippen molar-refractivity contribution in [3.63, 3.8) is 0 Å². The van der Waals surface area contributed by atoms with Gasteiger partial charge in [0.25, 0.3) is 0 Å². The lowest BCUT2D eigenvalue weighted by Crippen LogP contribution is -2.45. The number of phenolic OH excluding ortho intramolecular Hbond substituents is 2. The summed E-state index contributed by atoms with van der Waals surface area (Å²) >= 11 is 0. The number of carboxylic acid groups (broad SMARTS) is 1. The standard InChI is InChI=1S/C13H17NO5/c15-11-2-1-9(12(16)6-11)7-14-3-4-19-8-10(14)5-13(17)18/h1-2,6,10,15-16H,3-5,7-8H2,(H,17,18). The van der Waals surface area contributed by atoms with Crippen LogP contribution in [0.2, 0.25) is 0 Å². The summed E-state index contributed by atoms with van der Waals surface area (Å²) < 4.78 is 5.29. The van der Waals surface area contributed by atoms with Crippen molar-refractivity contribution in [2.75, 3.05) is 19.8 Å². The Bertz CT molecular complexity index is 462. The van der Waals surface area contributed by atoms with Crippen LogP contribution in [-0.2, 0) is 16.1 Å². The van der Waals surface area contributed by atoms with Gasteiger partial charge in [0.2, 0.25) is 0 Å². The number of morpholine rings is 1. The Morgan fingerprint density at radius 3 is 2.89 bits per heavy atom. The minimum Gasteiger partial charge on any atom is -0.508 e. The van der Waals surface area contributed by atoms with Crippen molar-refractivity contribution in [3.05, 3.63) is 23.8 Å². The van der Waals surface area contributed by atoms with Gasteiger partial charge in [-0.1, -0.05) is 6.07 Å². The first-order valence-corrected chi connectivity index (χ1v) is 6.10. The summed E-state index contributed by atoms with van der Waals surface area (Å²) in [5.74, 6) is -0.846. The smallest absolute Gasteiger partial charge is 0.305 e. The van der Waals surface area contributed by atoms with Crippen molar-refractivity contribution < 1.29 is 24.9 Å². The molecule has 104 valence electrons. The predicted molar refractivity (Wildman–Crippen MR) is 67.0 cm³/mol. The summed E-state index contributed by atoms with van der Waals surface area (Å²) in [6.07, 6.45) is 0.0127. The number of phenols is 2.